The van der Waals surface area contributed by atoms with Crippen LogP contribution in [0.3, 0.4) is 0 Å². The molecule has 0 saturated carbocycles. The Morgan fingerprint density at radius 2 is 2.30 bits per heavy atom. The second-order valence-electron chi connectivity index (χ2n) is 4.99. The van der Waals surface area contributed by atoms with Gasteiger partial charge in [0.05, 0.1) is 16.9 Å². The van der Waals surface area contributed by atoms with Crippen molar-refractivity contribution in [3.8, 4) is 0 Å². The minimum atomic E-state index is -0.358. The minimum absolute atomic E-state index is 0.0780. The van der Waals surface area contributed by atoms with E-state index < -0.39 is 0 Å². The van der Waals surface area contributed by atoms with Crippen LogP contribution in [0.1, 0.15) is 13.3 Å². The average molecular weight is 334 g/mol. The van der Waals surface area contributed by atoms with E-state index in [0.29, 0.717) is 22.3 Å². The molecule has 6 heteroatoms. The maximum Gasteiger partial charge on any atom is 0.232 e. The van der Waals surface area contributed by atoms with Gasteiger partial charge in [-0.1, -0.05) is 23.2 Å². The van der Waals surface area contributed by atoms with Gasteiger partial charge in [0.15, 0.2) is 0 Å². The Bertz CT molecular complexity index is 496. The van der Waals surface area contributed by atoms with Gasteiger partial charge in [-0.25, -0.2) is 0 Å². The van der Waals surface area contributed by atoms with Crippen molar-refractivity contribution in [2.45, 2.75) is 24.3 Å². The summed E-state index contributed by atoms with van der Waals surface area (Å²) < 4.78 is 0. The molecule has 1 aliphatic heterocycles. The second-order valence-corrected chi connectivity index (χ2v) is 6.85. The van der Waals surface area contributed by atoms with Crippen molar-refractivity contribution < 1.29 is 9.90 Å². The SMILES string of the molecule is CC(O)C1CCN(C(=O)CSc2cc(Cl)ccc2Cl)C1. The van der Waals surface area contributed by atoms with Crippen LogP contribution in [0.2, 0.25) is 10.0 Å². The van der Waals surface area contributed by atoms with Gasteiger partial charge in [0.25, 0.3) is 0 Å². The summed E-state index contributed by atoms with van der Waals surface area (Å²) in [5.41, 5.74) is 0. The molecule has 1 heterocycles. The molecule has 0 spiro atoms. The zero-order chi connectivity index (χ0) is 14.7. The molecule has 1 N–H and O–H groups in total. The summed E-state index contributed by atoms with van der Waals surface area (Å²) in [7, 11) is 0. The van der Waals surface area contributed by atoms with Crippen molar-refractivity contribution in [1.82, 2.24) is 4.90 Å². The molecule has 0 radical (unpaired) electrons. The Hall–Kier alpha value is -0.420. The van der Waals surface area contributed by atoms with Crippen LogP contribution in [0.5, 0.6) is 0 Å². The third kappa shape index (κ3) is 4.04. The van der Waals surface area contributed by atoms with E-state index in [1.165, 1.54) is 11.8 Å². The first-order valence-electron chi connectivity index (χ1n) is 6.51. The molecule has 0 bridgehead atoms. The summed E-state index contributed by atoms with van der Waals surface area (Å²) >= 11 is 13.4. The van der Waals surface area contributed by atoms with Gasteiger partial charge in [-0.2, -0.15) is 0 Å². The van der Waals surface area contributed by atoms with Crippen LogP contribution in [0.4, 0.5) is 0 Å². The van der Waals surface area contributed by atoms with Gasteiger partial charge in [0.2, 0.25) is 5.91 Å². The summed E-state index contributed by atoms with van der Waals surface area (Å²) in [6.45, 7) is 3.14. The third-order valence-electron chi connectivity index (χ3n) is 3.50. The highest BCUT2D eigenvalue weighted by atomic mass is 35.5. The van der Waals surface area contributed by atoms with Crippen molar-refractivity contribution in [2.24, 2.45) is 5.92 Å². The van der Waals surface area contributed by atoms with Gasteiger partial charge in [-0.15, -0.1) is 11.8 Å². The maximum absolute atomic E-state index is 12.1. The molecule has 1 aliphatic rings. The van der Waals surface area contributed by atoms with Crippen LogP contribution in [0.15, 0.2) is 23.1 Å². The van der Waals surface area contributed by atoms with E-state index in [-0.39, 0.29) is 17.9 Å². The standard InChI is InChI=1S/C14H17Cl2NO2S/c1-9(18)10-4-5-17(7-10)14(19)8-20-13-6-11(15)2-3-12(13)16/h2-3,6,9-10,18H,4-5,7-8H2,1H3. The largest absolute Gasteiger partial charge is 0.393 e. The third-order valence-corrected chi connectivity index (χ3v) is 5.22. The predicted molar refractivity (Wildman–Crippen MR) is 83.6 cm³/mol. The van der Waals surface area contributed by atoms with Crippen LogP contribution in [0, 0.1) is 5.92 Å². The lowest BCUT2D eigenvalue weighted by Crippen LogP contribution is -2.31. The van der Waals surface area contributed by atoms with Crippen LogP contribution in [-0.4, -0.2) is 40.9 Å². The quantitative estimate of drug-likeness (QED) is 0.859. The molecule has 1 aromatic rings. The molecule has 0 aliphatic carbocycles. The lowest BCUT2D eigenvalue weighted by molar-refractivity contribution is -0.127. The topological polar surface area (TPSA) is 40.5 Å². The number of aliphatic hydroxyl groups is 1. The number of amides is 1. The molecule has 1 fully saturated rings. The molecular formula is C14H17Cl2NO2S. The van der Waals surface area contributed by atoms with E-state index in [4.69, 9.17) is 23.2 Å². The Kier molecular flexibility index (Phi) is 5.61. The zero-order valence-electron chi connectivity index (χ0n) is 11.2. The van der Waals surface area contributed by atoms with E-state index in [1.807, 2.05) is 4.90 Å². The first-order chi connectivity index (χ1) is 9.47. The first kappa shape index (κ1) is 16.0. The van der Waals surface area contributed by atoms with E-state index in [9.17, 15) is 9.90 Å². The summed E-state index contributed by atoms with van der Waals surface area (Å²) in [6.07, 6.45) is 0.509. The number of hydrogen-bond donors (Lipinski definition) is 1. The van der Waals surface area contributed by atoms with E-state index >= 15 is 0 Å². The van der Waals surface area contributed by atoms with Crippen LogP contribution < -0.4 is 0 Å². The zero-order valence-corrected chi connectivity index (χ0v) is 13.5. The predicted octanol–water partition coefficient (Wildman–Crippen LogP) is 3.31. The Morgan fingerprint density at radius 1 is 1.55 bits per heavy atom. The number of likely N-dealkylation sites (tertiary alicyclic amines) is 1. The number of hydrogen-bond acceptors (Lipinski definition) is 3. The highest BCUT2D eigenvalue weighted by Gasteiger charge is 2.28. The molecule has 20 heavy (non-hydrogen) atoms. The monoisotopic (exact) mass is 333 g/mol. The number of carbonyl (C=O) groups excluding carboxylic acids is 1. The number of thioether (sulfide) groups is 1. The Labute approximate surface area is 133 Å². The number of halogens is 2. The van der Waals surface area contributed by atoms with Gasteiger partial charge >= 0.3 is 0 Å². The fraction of sp³-hybridized carbons (Fsp3) is 0.500. The van der Waals surface area contributed by atoms with Crippen molar-refractivity contribution in [2.75, 3.05) is 18.8 Å². The molecular weight excluding hydrogens is 317 g/mol. The van der Waals surface area contributed by atoms with E-state index in [2.05, 4.69) is 0 Å². The average Bonchev–Trinajstić information content (AvgIpc) is 2.89. The van der Waals surface area contributed by atoms with Crippen molar-refractivity contribution in [1.29, 1.82) is 0 Å². The van der Waals surface area contributed by atoms with Crippen LogP contribution in [-0.2, 0) is 4.79 Å². The number of rotatable bonds is 4. The lowest BCUT2D eigenvalue weighted by Gasteiger charge is -2.17. The maximum atomic E-state index is 12.1. The molecule has 1 aromatic carbocycles. The van der Waals surface area contributed by atoms with Crippen molar-refractivity contribution in [3.63, 3.8) is 0 Å². The Morgan fingerprint density at radius 3 is 2.95 bits per heavy atom. The number of benzene rings is 1. The lowest BCUT2D eigenvalue weighted by atomic mass is 10.0. The van der Waals surface area contributed by atoms with E-state index in [1.54, 1.807) is 25.1 Å². The van der Waals surface area contributed by atoms with Gasteiger partial charge in [-0.05, 0) is 31.5 Å². The fourth-order valence-corrected chi connectivity index (χ4v) is 3.62. The number of aliphatic hydroxyl groups excluding tert-OH is 1. The molecule has 0 aromatic heterocycles. The van der Waals surface area contributed by atoms with Gasteiger partial charge in [0, 0.05) is 28.9 Å². The smallest absolute Gasteiger partial charge is 0.232 e. The summed E-state index contributed by atoms with van der Waals surface area (Å²) in [5, 5.41) is 10.8. The molecule has 2 atom stereocenters. The Balaban J connectivity index is 1.88. The highest BCUT2D eigenvalue weighted by molar-refractivity contribution is 8.00. The molecule has 2 rings (SSSR count). The first-order valence-corrected chi connectivity index (χ1v) is 8.25. The molecule has 2 unspecified atom stereocenters. The summed E-state index contributed by atoms with van der Waals surface area (Å²) in [4.78, 5) is 14.8. The van der Waals surface area contributed by atoms with Gasteiger partial charge < -0.3 is 10.0 Å². The number of nitrogens with zero attached hydrogens (tertiary/aromatic N) is 1. The molecule has 3 nitrogen and oxygen atoms in total. The second kappa shape index (κ2) is 7.03. The van der Waals surface area contributed by atoms with Crippen LogP contribution in [0.25, 0.3) is 0 Å². The van der Waals surface area contributed by atoms with Crippen molar-refractivity contribution in [3.05, 3.63) is 28.2 Å². The van der Waals surface area contributed by atoms with Crippen LogP contribution >= 0.6 is 35.0 Å². The van der Waals surface area contributed by atoms with E-state index in [0.717, 1.165) is 17.9 Å². The molecule has 110 valence electrons. The fourth-order valence-electron chi connectivity index (χ4n) is 2.23. The normalized spacial score (nSPS) is 20.2. The van der Waals surface area contributed by atoms with Gasteiger partial charge in [0.1, 0.15) is 0 Å². The van der Waals surface area contributed by atoms with Crippen molar-refractivity contribution >= 4 is 40.9 Å². The highest BCUT2D eigenvalue weighted by Crippen LogP contribution is 2.30. The molecule has 1 saturated heterocycles. The summed E-state index contributed by atoms with van der Waals surface area (Å²) in [5.74, 6) is 0.611. The van der Waals surface area contributed by atoms with Gasteiger partial charge in [-0.3, -0.25) is 4.79 Å². The summed E-state index contributed by atoms with van der Waals surface area (Å²) in [6, 6.07) is 5.23. The minimum Gasteiger partial charge on any atom is -0.393 e. The number of carbonyl (C=O) groups is 1. The molecule has 1 amide bonds.